The first-order valence-electron chi connectivity index (χ1n) is 7.76. The highest BCUT2D eigenvalue weighted by molar-refractivity contribution is 5.54. The van der Waals surface area contributed by atoms with Gasteiger partial charge in [-0.05, 0) is 48.9 Å². The molecule has 0 amide bonds. The molecule has 0 radical (unpaired) electrons. The zero-order chi connectivity index (χ0) is 18.1. The summed E-state index contributed by atoms with van der Waals surface area (Å²) in [6, 6.07) is 10.3. The summed E-state index contributed by atoms with van der Waals surface area (Å²) in [7, 11) is 0. The van der Waals surface area contributed by atoms with Crippen molar-refractivity contribution < 1.29 is 17.8 Å². The van der Waals surface area contributed by atoms with Crippen LogP contribution >= 0.6 is 0 Å². The molecular weight excluding hydrogens is 342 g/mol. The summed E-state index contributed by atoms with van der Waals surface area (Å²) in [6.45, 7) is 1.69. The van der Waals surface area contributed by atoms with Crippen molar-refractivity contribution in [3.8, 4) is 22.9 Å². The first-order chi connectivity index (χ1) is 12.6. The molecule has 0 aliphatic carbocycles. The molecule has 0 saturated carbocycles. The van der Waals surface area contributed by atoms with E-state index in [-0.39, 0.29) is 24.0 Å². The lowest BCUT2D eigenvalue weighted by molar-refractivity contribution is 0.423. The van der Waals surface area contributed by atoms with Crippen molar-refractivity contribution in [2.24, 2.45) is 0 Å². The first-order valence-corrected chi connectivity index (χ1v) is 7.76. The molecular formula is C18H12F2N4O2. The van der Waals surface area contributed by atoms with Crippen LogP contribution in [0.5, 0.6) is 0 Å². The Balaban J connectivity index is 1.55. The van der Waals surface area contributed by atoms with E-state index in [4.69, 9.17) is 9.05 Å². The Labute approximate surface area is 146 Å². The number of halogens is 2. The molecule has 2 heterocycles. The van der Waals surface area contributed by atoms with Gasteiger partial charge in [0.2, 0.25) is 0 Å². The standard InChI is InChI=1S/C18H12F2N4O2/c1-10-21-18(25-23-10)13-3-2-12(15(20)8-13)9-16-22-17(26-24-16)11-4-6-14(19)7-5-11/h2-8H,9H2,1H3. The van der Waals surface area contributed by atoms with Crippen molar-refractivity contribution in [1.29, 1.82) is 0 Å². The normalized spacial score (nSPS) is 11.0. The number of aromatic nitrogens is 4. The van der Waals surface area contributed by atoms with Gasteiger partial charge in [0, 0.05) is 17.5 Å². The fraction of sp³-hybridized carbons (Fsp3) is 0.111. The van der Waals surface area contributed by atoms with Crippen molar-refractivity contribution in [1.82, 2.24) is 20.3 Å². The monoisotopic (exact) mass is 354 g/mol. The van der Waals surface area contributed by atoms with Gasteiger partial charge in [-0.25, -0.2) is 8.78 Å². The van der Waals surface area contributed by atoms with Crippen molar-refractivity contribution in [3.05, 3.63) is 71.3 Å². The molecule has 0 spiro atoms. The second-order valence-electron chi connectivity index (χ2n) is 5.65. The van der Waals surface area contributed by atoms with Gasteiger partial charge in [-0.1, -0.05) is 16.4 Å². The topological polar surface area (TPSA) is 77.8 Å². The SMILES string of the molecule is Cc1noc(-c2ccc(Cc3noc(-c4ccc(F)cc4)n3)c(F)c2)n1. The maximum absolute atomic E-state index is 14.4. The predicted octanol–water partition coefficient (Wildman–Crippen LogP) is 3.96. The molecule has 2 aromatic carbocycles. The molecule has 130 valence electrons. The zero-order valence-corrected chi connectivity index (χ0v) is 13.6. The Morgan fingerprint density at radius 1 is 0.846 bits per heavy atom. The minimum absolute atomic E-state index is 0.152. The summed E-state index contributed by atoms with van der Waals surface area (Å²) in [4.78, 5) is 8.29. The van der Waals surface area contributed by atoms with Gasteiger partial charge in [0.25, 0.3) is 11.8 Å². The fourth-order valence-electron chi connectivity index (χ4n) is 2.44. The third-order valence-electron chi connectivity index (χ3n) is 3.74. The molecule has 6 nitrogen and oxygen atoms in total. The minimum Gasteiger partial charge on any atom is -0.334 e. The van der Waals surface area contributed by atoms with E-state index in [1.54, 1.807) is 19.1 Å². The largest absolute Gasteiger partial charge is 0.334 e. The third-order valence-corrected chi connectivity index (χ3v) is 3.74. The molecule has 0 aliphatic heterocycles. The number of aryl methyl sites for hydroxylation is 1. The van der Waals surface area contributed by atoms with Crippen LogP contribution < -0.4 is 0 Å². The van der Waals surface area contributed by atoms with Gasteiger partial charge in [0.05, 0.1) is 0 Å². The van der Waals surface area contributed by atoms with E-state index in [9.17, 15) is 8.78 Å². The lowest BCUT2D eigenvalue weighted by Gasteiger charge is -2.01. The molecule has 0 bridgehead atoms. The Morgan fingerprint density at radius 3 is 2.23 bits per heavy atom. The molecule has 0 unspecified atom stereocenters. The smallest absolute Gasteiger partial charge is 0.258 e. The van der Waals surface area contributed by atoms with E-state index in [0.29, 0.717) is 28.3 Å². The number of nitrogens with zero attached hydrogens (tertiary/aromatic N) is 4. The Morgan fingerprint density at radius 2 is 1.54 bits per heavy atom. The van der Waals surface area contributed by atoms with Gasteiger partial charge in [-0.2, -0.15) is 9.97 Å². The van der Waals surface area contributed by atoms with Crippen molar-refractivity contribution in [3.63, 3.8) is 0 Å². The number of rotatable bonds is 4. The van der Waals surface area contributed by atoms with Gasteiger partial charge in [0.15, 0.2) is 11.6 Å². The number of hydrogen-bond donors (Lipinski definition) is 0. The fourth-order valence-corrected chi connectivity index (χ4v) is 2.44. The predicted molar refractivity (Wildman–Crippen MR) is 86.9 cm³/mol. The molecule has 8 heteroatoms. The molecule has 0 atom stereocenters. The van der Waals surface area contributed by atoms with Crippen LogP contribution in [0.2, 0.25) is 0 Å². The van der Waals surface area contributed by atoms with E-state index in [1.165, 1.54) is 30.3 Å². The van der Waals surface area contributed by atoms with Crippen LogP contribution in [-0.4, -0.2) is 20.3 Å². The number of hydrogen-bond acceptors (Lipinski definition) is 6. The summed E-state index contributed by atoms with van der Waals surface area (Å²) in [5.41, 5.74) is 1.48. The van der Waals surface area contributed by atoms with Gasteiger partial charge in [0.1, 0.15) is 11.6 Å². The summed E-state index contributed by atoms with van der Waals surface area (Å²) < 4.78 is 37.5. The zero-order valence-electron chi connectivity index (χ0n) is 13.6. The third kappa shape index (κ3) is 3.21. The molecule has 4 aromatic rings. The Bertz CT molecular complexity index is 1060. The van der Waals surface area contributed by atoms with Gasteiger partial charge in [-0.15, -0.1) is 0 Å². The second-order valence-corrected chi connectivity index (χ2v) is 5.65. The van der Waals surface area contributed by atoms with Crippen LogP contribution in [0, 0.1) is 18.6 Å². The lowest BCUT2D eigenvalue weighted by Crippen LogP contribution is -1.95. The van der Waals surface area contributed by atoms with Crippen LogP contribution in [0.4, 0.5) is 8.78 Å². The van der Waals surface area contributed by atoms with E-state index in [1.807, 2.05) is 0 Å². The second kappa shape index (κ2) is 6.47. The van der Waals surface area contributed by atoms with E-state index >= 15 is 0 Å². The summed E-state index contributed by atoms with van der Waals surface area (Å²) in [6.07, 6.45) is 0.152. The molecule has 0 N–H and O–H groups in total. The van der Waals surface area contributed by atoms with Gasteiger partial charge in [-0.3, -0.25) is 0 Å². The molecule has 0 aliphatic rings. The van der Waals surface area contributed by atoms with Crippen molar-refractivity contribution in [2.45, 2.75) is 13.3 Å². The quantitative estimate of drug-likeness (QED) is 0.552. The van der Waals surface area contributed by atoms with E-state index in [0.717, 1.165) is 0 Å². The van der Waals surface area contributed by atoms with Crippen LogP contribution in [-0.2, 0) is 6.42 Å². The average Bonchev–Trinajstić information content (AvgIpc) is 3.27. The minimum atomic E-state index is -0.438. The van der Waals surface area contributed by atoms with Crippen molar-refractivity contribution in [2.75, 3.05) is 0 Å². The van der Waals surface area contributed by atoms with Gasteiger partial charge >= 0.3 is 0 Å². The molecule has 0 fully saturated rings. The van der Waals surface area contributed by atoms with Gasteiger partial charge < -0.3 is 9.05 Å². The van der Waals surface area contributed by atoms with Crippen LogP contribution in [0.25, 0.3) is 22.9 Å². The van der Waals surface area contributed by atoms with Crippen LogP contribution in [0.1, 0.15) is 17.2 Å². The molecule has 2 aromatic heterocycles. The van der Waals surface area contributed by atoms with Crippen LogP contribution in [0.3, 0.4) is 0 Å². The lowest BCUT2D eigenvalue weighted by atomic mass is 10.1. The maximum Gasteiger partial charge on any atom is 0.258 e. The van der Waals surface area contributed by atoms with E-state index in [2.05, 4.69) is 20.3 Å². The summed E-state index contributed by atoms with van der Waals surface area (Å²) >= 11 is 0. The number of benzene rings is 2. The molecule has 26 heavy (non-hydrogen) atoms. The molecule has 0 saturated heterocycles. The maximum atomic E-state index is 14.4. The summed E-state index contributed by atoms with van der Waals surface area (Å²) in [5, 5.41) is 7.53. The first kappa shape index (κ1) is 16.1. The highest BCUT2D eigenvalue weighted by atomic mass is 19.1. The van der Waals surface area contributed by atoms with Crippen LogP contribution in [0.15, 0.2) is 51.5 Å². The Kier molecular flexibility index (Phi) is 4.00. The summed E-state index contributed by atoms with van der Waals surface area (Å²) in [5.74, 6) is 0.511. The molecule has 4 rings (SSSR count). The highest BCUT2D eigenvalue weighted by Crippen LogP contribution is 2.23. The Hall–Kier alpha value is -3.42. The highest BCUT2D eigenvalue weighted by Gasteiger charge is 2.14. The van der Waals surface area contributed by atoms with E-state index < -0.39 is 5.82 Å². The van der Waals surface area contributed by atoms with Crippen molar-refractivity contribution >= 4 is 0 Å². The average molecular weight is 354 g/mol.